The van der Waals surface area contributed by atoms with Gasteiger partial charge in [0.05, 0.1) is 6.04 Å². The van der Waals surface area contributed by atoms with Crippen LogP contribution in [0.2, 0.25) is 0 Å². The molecule has 96 valence electrons. The molecule has 1 aliphatic heterocycles. The van der Waals surface area contributed by atoms with Crippen LogP contribution in [0, 0.1) is 6.92 Å². The molecule has 0 bridgehead atoms. The number of nitrogens with zero attached hydrogens (tertiary/aromatic N) is 4. The van der Waals surface area contributed by atoms with Crippen molar-refractivity contribution in [2.75, 3.05) is 6.54 Å². The van der Waals surface area contributed by atoms with E-state index in [-0.39, 0.29) is 0 Å². The first kappa shape index (κ1) is 11.7. The van der Waals surface area contributed by atoms with Gasteiger partial charge in [-0.05, 0) is 51.8 Å². The summed E-state index contributed by atoms with van der Waals surface area (Å²) < 4.78 is 2.15. The monoisotopic (exact) mass is 244 g/mol. The Hall–Kier alpha value is -1.42. The Bertz CT molecular complexity index is 558. The van der Waals surface area contributed by atoms with Gasteiger partial charge in [-0.1, -0.05) is 6.07 Å². The van der Waals surface area contributed by atoms with Gasteiger partial charge in [0.2, 0.25) is 0 Å². The molecule has 1 atom stereocenters. The molecular weight excluding hydrogens is 224 g/mol. The maximum absolute atomic E-state index is 4.44. The van der Waals surface area contributed by atoms with Crippen LogP contribution in [-0.2, 0) is 0 Å². The molecule has 0 aromatic carbocycles. The molecule has 1 unspecified atom stereocenters. The Balaban J connectivity index is 2.07. The highest BCUT2D eigenvalue weighted by Crippen LogP contribution is 2.32. The third-order valence-electron chi connectivity index (χ3n) is 3.91. The van der Waals surface area contributed by atoms with Gasteiger partial charge in [0.15, 0.2) is 11.5 Å². The molecule has 2 aromatic heterocycles. The van der Waals surface area contributed by atoms with Gasteiger partial charge in [-0.15, -0.1) is 10.2 Å². The summed E-state index contributed by atoms with van der Waals surface area (Å²) in [4.78, 5) is 2.53. The number of aromatic nitrogens is 3. The molecule has 4 heteroatoms. The zero-order valence-electron chi connectivity index (χ0n) is 11.3. The van der Waals surface area contributed by atoms with Crippen molar-refractivity contribution in [1.82, 2.24) is 19.5 Å². The average molecular weight is 244 g/mol. The molecule has 0 N–H and O–H groups in total. The smallest absolute Gasteiger partial charge is 0.163 e. The summed E-state index contributed by atoms with van der Waals surface area (Å²) in [7, 11) is 0. The van der Waals surface area contributed by atoms with Crippen LogP contribution >= 0.6 is 0 Å². The summed E-state index contributed by atoms with van der Waals surface area (Å²) >= 11 is 0. The van der Waals surface area contributed by atoms with Crippen molar-refractivity contribution in [3.63, 3.8) is 0 Å². The van der Waals surface area contributed by atoms with Gasteiger partial charge < -0.3 is 0 Å². The number of fused-ring (bicyclic) bond motifs is 1. The minimum absolute atomic E-state index is 0.418. The lowest BCUT2D eigenvalue weighted by Gasteiger charge is -2.26. The van der Waals surface area contributed by atoms with Gasteiger partial charge in [0.25, 0.3) is 0 Å². The Morgan fingerprint density at radius 2 is 2.17 bits per heavy atom. The molecule has 1 aliphatic rings. The van der Waals surface area contributed by atoms with E-state index in [4.69, 9.17) is 0 Å². The highest BCUT2D eigenvalue weighted by Gasteiger charge is 2.31. The lowest BCUT2D eigenvalue weighted by atomic mass is 10.2. The van der Waals surface area contributed by atoms with Crippen molar-refractivity contribution in [1.29, 1.82) is 0 Å². The molecule has 0 aliphatic carbocycles. The zero-order chi connectivity index (χ0) is 12.7. The Labute approximate surface area is 108 Å². The van der Waals surface area contributed by atoms with E-state index in [0.29, 0.717) is 12.1 Å². The molecule has 1 fully saturated rings. The normalized spacial score (nSPS) is 21.2. The molecule has 1 saturated heterocycles. The molecule has 4 nitrogen and oxygen atoms in total. The minimum Gasteiger partial charge on any atom is -0.291 e. The van der Waals surface area contributed by atoms with E-state index in [1.54, 1.807) is 0 Å². The van der Waals surface area contributed by atoms with E-state index in [9.17, 15) is 0 Å². The topological polar surface area (TPSA) is 33.4 Å². The molecule has 3 rings (SSSR count). The third kappa shape index (κ3) is 1.72. The SMILES string of the molecule is Cc1cccn2c(C3CCCN3C(C)C)nnc12. The maximum Gasteiger partial charge on any atom is 0.163 e. The minimum atomic E-state index is 0.418. The van der Waals surface area contributed by atoms with E-state index in [2.05, 4.69) is 58.6 Å². The van der Waals surface area contributed by atoms with Crippen molar-refractivity contribution in [2.45, 2.75) is 45.7 Å². The number of likely N-dealkylation sites (tertiary alicyclic amines) is 1. The van der Waals surface area contributed by atoms with E-state index in [0.717, 1.165) is 11.5 Å². The summed E-state index contributed by atoms with van der Waals surface area (Å²) in [5.74, 6) is 1.10. The fourth-order valence-electron chi connectivity index (χ4n) is 2.98. The van der Waals surface area contributed by atoms with Crippen molar-refractivity contribution in [3.05, 3.63) is 29.7 Å². The van der Waals surface area contributed by atoms with Crippen LogP contribution in [-0.4, -0.2) is 32.1 Å². The first-order valence-electron chi connectivity index (χ1n) is 6.74. The largest absolute Gasteiger partial charge is 0.291 e. The van der Waals surface area contributed by atoms with Gasteiger partial charge in [-0.25, -0.2) is 0 Å². The zero-order valence-corrected chi connectivity index (χ0v) is 11.3. The van der Waals surface area contributed by atoms with Gasteiger partial charge in [0, 0.05) is 12.2 Å². The van der Waals surface area contributed by atoms with Crippen LogP contribution < -0.4 is 0 Å². The van der Waals surface area contributed by atoms with Crippen molar-refractivity contribution < 1.29 is 0 Å². The molecule has 3 heterocycles. The predicted molar refractivity (Wildman–Crippen MR) is 71.5 cm³/mol. The van der Waals surface area contributed by atoms with Crippen LogP contribution in [0.4, 0.5) is 0 Å². The van der Waals surface area contributed by atoms with Gasteiger partial charge >= 0.3 is 0 Å². The first-order chi connectivity index (χ1) is 8.68. The van der Waals surface area contributed by atoms with E-state index >= 15 is 0 Å². The van der Waals surface area contributed by atoms with Gasteiger partial charge in [-0.2, -0.15) is 0 Å². The lowest BCUT2D eigenvalue weighted by Crippen LogP contribution is -2.31. The maximum atomic E-state index is 4.44. The van der Waals surface area contributed by atoms with Crippen molar-refractivity contribution in [2.24, 2.45) is 0 Å². The summed E-state index contributed by atoms with van der Waals surface area (Å²) in [6, 6.07) is 5.14. The van der Waals surface area contributed by atoms with Crippen LogP contribution in [0.3, 0.4) is 0 Å². The molecule has 0 saturated carbocycles. The van der Waals surface area contributed by atoms with Crippen molar-refractivity contribution in [3.8, 4) is 0 Å². The van der Waals surface area contributed by atoms with Crippen LogP contribution in [0.1, 0.15) is 44.1 Å². The summed E-state index contributed by atoms with van der Waals surface area (Å²) in [5, 5.41) is 8.78. The van der Waals surface area contributed by atoms with E-state index < -0.39 is 0 Å². The van der Waals surface area contributed by atoms with Crippen LogP contribution in [0.15, 0.2) is 18.3 Å². The van der Waals surface area contributed by atoms with Gasteiger partial charge in [-0.3, -0.25) is 9.30 Å². The Morgan fingerprint density at radius 3 is 2.94 bits per heavy atom. The van der Waals surface area contributed by atoms with Crippen LogP contribution in [0.25, 0.3) is 5.65 Å². The van der Waals surface area contributed by atoms with E-state index in [1.807, 2.05) is 0 Å². The first-order valence-corrected chi connectivity index (χ1v) is 6.74. The van der Waals surface area contributed by atoms with E-state index in [1.165, 1.54) is 24.9 Å². The predicted octanol–water partition coefficient (Wildman–Crippen LogP) is 2.58. The number of hydrogen-bond acceptors (Lipinski definition) is 3. The molecule has 18 heavy (non-hydrogen) atoms. The summed E-state index contributed by atoms with van der Waals surface area (Å²) in [6.45, 7) is 7.77. The Kier molecular flexibility index (Phi) is 2.82. The third-order valence-corrected chi connectivity index (χ3v) is 3.91. The summed E-state index contributed by atoms with van der Waals surface area (Å²) in [6.07, 6.45) is 4.52. The Morgan fingerprint density at radius 1 is 1.33 bits per heavy atom. The second-order valence-electron chi connectivity index (χ2n) is 5.43. The fraction of sp³-hybridized carbons (Fsp3) is 0.571. The highest BCUT2D eigenvalue weighted by molar-refractivity contribution is 5.46. The second-order valence-corrected chi connectivity index (χ2v) is 5.43. The number of aryl methyl sites for hydroxylation is 1. The standard InChI is InChI=1S/C14H20N4/c1-10(2)17-8-5-7-12(17)14-16-15-13-11(3)6-4-9-18(13)14/h4,6,9-10,12H,5,7-8H2,1-3H3. The highest BCUT2D eigenvalue weighted by atomic mass is 15.3. The lowest BCUT2D eigenvalue weighted by molar-refractivity contribution is 0.197. The number of pyridine rings is 1. The second kappa shape index (κ2) is 4.35. The van der Waals surface area contributed by atoms with Gasteiger partial charge in [0.1, 0.15) is 0 Å². The number of rotatable bonds is 2. The fourth-order valence-corrected chi connectivity index (χ4v) is 2.98. The average Bonchev–Trinajstić information content (AvgIpc) is 2.94. The summed E-state index contributed by atoms with van der Waals surface area (Å²) in [5.41, 5.74) is 2.17. The number of hydrogen-bond donors (Lipinski definition) is 0. The van der Waals surface area contributed by atoms with Crippen molar-refractivity contribution >= 4 is 5.65 Å². The molecule has 0 spiro atoms. The molecule has 0 amide bonds. The quantitative estimate of drug-likeness (QED) is 0.814. The molecular formula is C14H20N4. The van der Waals surface area contributed by atoms with Crippen LogP contribution in [0.5, 0.6) is 0 Å². The molecule has 0 radical (unpaired) electrons. The molecule has 2 aromatic rings.